The van der Waals surface area contributed by atoms with Crippen LogP contribution in [0.2, 0.25) is 0 Å². The van der Waals surface area contributed by atoms with Gasteiger partial charge in [-0.3, -0.25) is 0 Å². The number of aromatic nitrogens is 1. The molecule has 0 aliphatic rings. The smallest absolute Gasteiger partial charge is 0.191 e. The maximum absolute atomic E-state index is 4.68. The van der Waals surface area contributed by atoms with Gasteiger partial charge in [-0.25, -0.2) is 9.98 Å². The fourth-order valence-electron chi connectivity index (χ4n) is 2.30. The Morgan fingerprint density at radius 1 is 1.12 bits per heavy atom. The maximum atomic E-state index is 4.68. The first-order valence-corrected chi connectivity index (χ1v) is 9.78. The Hall–Kier alpha value is -0.670. The van der Waals surface area contributed by atoms with Crippen LogP contribution in [-0.4, -0.2) is 24.0 Å². The second kappa shape index (κ2) is 11.0. The second-order valence-corrected chi connectivity index (χ2v) is 7.88. The zero-order valence-electron chi connectivity index (χ0n) is 14.8. The van der Waals surface area contributed by atoms with E-state index in [-0.39, 0.29) is 24.0 Å². The first-order chi connectivity index (χ1) is 11.1. The standard InChI is InChI=1S/C17H26N4S2.HI/c1-5-14-7-8-15(23-14)11-20-17(18-6-2)19-10-9-16-12(3)21-13(4)22-16;/h7-8H,5-6,9-11H2,1-4H3,(H2,18,19,20);1H. The summed E-state index contributed by atoms with van der Waals surface area (Å²) < 4.78 is 0. The van der Waals surface area contributed by atoms with Crippen molar-refractivity contribution >= 4 is 52.6 Å². The Kier molecular flexibility index (Phi) is 9.84. The highest BCUT2D eigenvalue weighted by atomic mass is 127. The molecular weight excluding hydrogens is 451 g/mol. The minimum atomic E-state index is 0. The summed E-state index contributed by atoms with van der Waals surface area (Å²) in [5.41, 5.74) is 1.15. The van der Waals surface area contributed by atoms with Gasteiger partial charge in [0.2, 0.25) is 0 Å². The van der Waals surface area contributed by atoms with Crippen molar-refractivity contribution in [3.63, 3.8) is 0 Å². The van der Waals surface area contributed by atoms with Crippen molar-refractivity contribution in [1.29, 1.82) is 0 Å². The topological polar surface area (TPSA) is 49.3 Å². The van der Waals surface area contributed by atoms with Gasteiger partial charge in [0.05, 0.1) is 17.2 Å². The predicted molar refractivity (Wildman–Crippen MR) is 117 cm³/mol. The molecule has 0 aliphatic carbocycles. The van der Waals surface area contributed by atoms with E-state index in [9.17, 15) is 0 Å². The first kappa shape index (κ1) is 21.4. The van der Waals surface area contributed by atoms with Crippen LogP contribution in [0.5, 0.6) is 0 Å². The van der Waals surface area contributed by atoms with Crippen LogP contribution in [0.3, 0.4) is 0 Å². The van der Waals surface area contributed by atoms with Crippen molar-refractivity contribution in [1.82, 2.24) is 15.6 Å². The van der Waals surface area contributed by atoms with Crippen LogP contribution in [0, 0.1) is 13.8 Å². The largest absolute Gasteiger partial charge is 0.357 e. The average Bonchev–Trinajstić information content (AvgIpc) is 3.11. The summed E-state index contributed by atoms with van der Waals surface area (Å²) in [4.78, 5) is 13.3. The van der Waals surface area contributed by atoms with Crippen molar-refractivity contribution in [2.45, 2.75) is 47.1 Å². The fraction of sp³-hybridized carbons (Fsp3) is 0.529. The summed E-state index contributed by atoms with van der Waals surface area (Å²) in [5.74, 6) is 0.887. The van der Waals surface area contributed by atoms with Crippen molar-refractivity contribution in [3.8, 4) is 0 Å². The predicted octanol–water partition coefficient (Wildman–Crippen LogP) is 4.30. The second-order valence-electron chi connectivity index (χ2n) is 5.33. The van der Waals surface area contributed by atoms with Crippen LogP contribution in [0.25, 0.3) is 0 Å². The van der Waals surface area contributed by atoms with Gasteiger partial charge in [-0.2, -0.15) is 0 Å². The molecule has 0 bridgehead atoms. The van der Waals surface area contributed by atoms with Gasteiger partial charge in [0.1, 0.15) is 0 Å². The van der Waals surface area contributed by atoms with Crippen LogP contribution >= 0.6 is 46.7 Å². The molecule has 2 N–H and O–H groups in total. The Morgan fingerprint density at radius 2 is 1.88 bits per heavy atom. The molecule has 0 fully saturated rings. The zero-order chi connectivity index (χ0) is 16.7. The molecule has 2 heterocycles. The lowest BCUT2D eigenvalue weighted by Gasteiger charge is -2.10. The molecule has 7 heteroatoms. The summed E-state index contributed by atoms with van der Waals surface area (Å²) in [6.07, 6.45) is 2.08. The molecule has 2 aromatic heterocycles. The van der Waals surface area contributed by atoms with Crippen LogP contribution in [0.1, 0.15) is 39.2 Å². The quantitative estimate of drug-likeness (QED) is 0.355. The van der Waals surface area contributed by atoms with Gasteiger partial charge in [-0.1, -0.05) is 6.92 Å². The number of hydrogen-bond donors (Lipinski definition) is 2. The SMILES string of the molecule is CCNC(=NCc1ccc(CC)s1)NCCc1sc(C)nc1C.I. The third kappa shape index (κ3) is 6.68. The number of nitrogens with one attached hydrogen (secondary N) is 2. The van der Waals surface area contributed by atoms with E-state index in [0.29, 0.717) is 0 Å². The maximum Gasteiger partial charge on any atom is 0.191 e. The molecule has 0 amide bonds. The van der Waals surface area contributed by atoms with E-state index in [1.54, 1.807) is 11.3 Å². The highest BCUT2D eigenvalue weighted by Crippen LogP contribution is 2.18. The number of thiazole rings is 1. The van der Waals surface area contributed by atoms with E-state index in [2.05, 4.69) is 60.4 Å². The lowest BCUT2D eigenvalue weighted by Crippen LogP contribution is -2.38. The molecule has 134 valence electrons. The van der Waals surface area contributed by atoms with E-state index in [1.807, 2.05) is 11.3 Å². The van der Waals surface area contributed by atoms with Gasteiger partial charge in [0, 0.05) is 34.1 Å². The Bertz CT molecular complexity index is 649. The van der Waals surface area contributed by atoms with Crippen LogP contribution in [0.4, 0.5) is 0 Å². The molecule has 2 aromatic rings. The van der Waals surface area contributed by atoms with Crippen molar-refractivity contribution in [2.75, 3.05) is 13.1 Å². The van der Waals surface area contributed by atoms with Gasteiger partial charge in [0.15, 0.2) is 5.96 Å². The summed E-state index contributed by atoms with van der Waals surface area (Å²) in [7, 11) is 0. The summed E-state index contributed by atoms with van der Waals surface area (Å²) >= 11 is 3.63. The number of rotatable bonds is 7. The minimum absolute atomic E-state index is 0. The minimum Gasteiger partial charge on any atom is -0.357 e. The molecule has 0 spiro atoms. The third-order valence-electron chi connectivity index (χ3n) is 3.45. The Morgan fingerprint density at radius 3 is 2.46 bits per heavy atom. The molecular formula is C17H27IN4S2. The van der Waals surface area contributed by atoms with E-state index >= 15 is 0 Å². The number of hydrogen-bond acceptors (Lipinski definition) is 4. The van der Waals surface area contributed by atoms with E-state index in [4.69, 9.17) is 0 Å². The molecule has 0 saturated heterocycles. The fourth-order valence-corrected chi connectivity index (χ4v) is 4.11. The number of nitrogens with zero attached hydrogens (tertiary/aromatic N) is 2. The van der Waals surface area contributed by atoms with E-state index < -0.39 is 0 Å². The molecule has 0 unspecified atom stereocenters. The molecule has 0 aromatic carbocycles. The van der Waals surface area contributed by atoms with Gasteiger partial charge in [-0.15, -0.1) is 46.7 Å². The lowest BCUT2D eigenvalue weighted by atomic mass is 10.3. The van der Waals surface area contributed by atoms with Gasteiger partial charge < -0.3 is 10.6 Å². The number of halogens is 1. The average molecular weight is 478 g/mol. The Balaban J connectivity index is 0.00000288. The highest BCUT2D eigenvalue weighted by molar-refractivity contribution is 14.0. The monoisotopic (exact) mass is 478 g/mol. The summed E-state index contributed by atoms with van der Waals surface area (Å²) in [6.45, 7) is 10.9. The zero-order valence-corrected chi connectivity index (χ0v) is 18.8. The van der Waals surface area contributed by atoms with Crippen molar-refractivity contribution in [3.05, 3.63) is 37.5 Å². The third-order valence-corrected chi connectivity index (χ3v) is 5.79. The first-order valence-electron chi connectivity index (χ1n) is 8.15. The molecule has 0 saturated carbocycles. The highest BCUT2D eigenvalue weighted by Gasteiger charge is 2.05. The van der Waals surface area contributed by atoms with Crippen LogP contribution in [-0.2, 0) is 19.4 Å². The number of guanidine groups is 1. The molecule has 4 nitrogen and oxygen atoms in total. The van der Waals surface area contributed by atoms with Crippen LogP contribution in [0.15, 0.2) is 17.1 Å². The van der Waals surface area contributed by atoms with Gasteiger partial charge in [0.25, 0.3) is 0 Å². The molecule has 24 heavy (non-hydrogen) atoms. The van der Waals surface area contributed by atoms with Gasteiger partial charge in [-0.05, 0) is 39.3 Å². The molecule has 2 rings (SSSR count). The Labute approximate surface area is 170 Å². The normalized spacial score (nSPS) is 11.2. The van der Waals surface area contributed by atoms with Crippen molar-refractivity contribution < 1.29 is 0 Å². The molecule has 0 radical (unpaired) electrons. The molecule has 0 atom stereocenters. The van der Waals surface area contributed by atoms with Crippen molar-refractivity contribution in [2.24, 2.45) is 4.99 Å². The van der Waals surface area contributed by atoms with E-state index in [1.165, 1.54) is 14.6 Å². The number of aryl methyl sites for hydroxylation is 3. The number of aliphatic imine (C=N–C) groups is 1. The van der Waals surface area contributed by atoms with Crippen LogP contribution < -0.4 is 10.6 Å². The molecule has 0 aliphatic heterocycles. The van der Waals surface area contributed by atoms with Gasteiger partial charge >= 0.3 is 0 Å². The van der Waals surface area contributed by atoms with E-state index in [0.717, 1.165) is 49.1 Å². The summed E-state index contributed by atoms with van der Waals surface area (Å²) in [6, 6.07) is 4.38. The lowest BCUT2D eigenvalue weighted by molar-refractivity contribution is 0.802. The number of thiophene rings is 1. The summed E-state index contributed by atoms with van der Waals surface area (Å²) in [5, 5.41) is 7.87.